The Hall–Kier alpha value is -2.63. The van der Waals surface area contributed by atoms with Gasteiger partial charge in [-0.15, -0.1) is 0 Å². The number of likely N-dealkylation sites (N-methyl/N-ethyl adjacent to an activating group) is 1. The second-order valence-corrected chi connectivity index (χ2v) is 4.51. The molecule has 0 bridgehead atoms. The molecule has 0 atom stereocenters. The molecule has 1 aromatic carbocycles. The van der Waals surface area contributed by atoms with Crippen molar-refractivity contribution in [3.05, 3.63) is 35.5 Å². The minimum atomic E-state index is -0.380. The van der Waals surface area contributed by atoms with E-state index >= 15 is 0 Å². The van der Waals surface area contributed by atoms with E-state index in [1.54, 1.807) is 18.0 Å². The van der Waals surface area contributed by atoms with Crippen LogP contribution in [0.2, 0.25) is 0 Å². The molecule has 1 heterocycles. The predicted octanol–water partition coefficient (Wildman–Crippen LogP) is 1.39. The summed E-state index contributed by atoms with van der Waals surface area (Å²) < 4.78 is 5.37. The van der Waals surface area contributed by atoms with Gasteiger partial charge in [0.15, 0.2) is 0 Å². The Kier molecular flexibility index (Phi) is 4.37. The molecule has 21 heavy (non-hydrogen) atoms. The molecule has 0 saturated carbocycles. The van der Waals surface area contributed by atoms with E-state index in [4.69, 9.17) is 4.74 Å². The summed E-state index contributed by atoms with van der Waals surface area (Å²) in [4.78, 5) is 28.3. The Morgan fingerprint density at radius 1 is 1.38 bits per heavy atom. The lowest BCUT2D eigenvalue weighted by Crippen LogP contribution is -2.37. The Labute approximate surface area is 123 Å². The lowest BCUT2D eigenvalue weighted by molar-refractivity contribution is -0.117. The van der Waals surface area contributed by atoms with Crippen molar-refractivity contribution in [1.29, 1.82) is 0 Å². The number of benzene rings is 1. The molecule has 0 saturated heterocycles. The lowest BCUT2D eigenvalue weighted by Gasteiger charge is -2.14. The summed E-state index contributed by atoms with van der Waals surface area (Å²) >= 11 is 0. The lowest BCUT2D eigenvalue weighted by atomic mass is 10.2. The highest BCUT2D eigenvalue weighted by molar-refractivity contribution is 6.15. The first-order valence-electron chi connectivity index (χ1n) is 6.60. The van der Waals surface area contributed by atoms with E-state index in [-0.39, 0.29) is 17.8 Å². The third-order valence-corrected chi connectivity index (χ3v) is 2.89. The minimum absolute atomic E-state index is 0.240. The molecular formula is C15H17N3O3. The molecular weight excluding hydrogens is 270 g/mol. The van der Waals surface area contributed by atoms with Crippen LogP contribution in [-0.2, 0) is 9.59 Å². The Morgan fingerprint density at radius 3 is 2.62 bits per heavy atom. The monoisotopic (exact) mass is 287 g/mol. The molecule has 1 N–H and O–H groups in total. The predicted molar refractivity (Wildman–Crippen MR) is 79.6 cm³/mol. The largest absolute Gasteiger partial charge is 0.494 e. The zero-order chi connectivity index (χ0) is 15.4. The van der Waals surface area contributed by atoms with Crippen molar-refractivity contribution in [1.82, 2.24) is 10.2 Å². The van der Waals surface area contributed by atoms with Crippen molar-refractivity contribution < 1.29 is 14.3 Å². The zero-order valence-corrected chi connectivity index (χ0v) is 12.2. The van der Waals surface area contributed by atoms with Crippen LogP contribution in [0, 0.1) is 0 Å². The van der Waals surface area contributed by atoms with Gasteiger partial charge in [-0.25, -0.2) is 0 Å². The summed E-state index contributed by atoms with van der Waals surface area (Å²) in [6.45, 7) is 3.90. The van der Waals surface area contributed by atoms with Crippen LogP contribution in [0.1, 0.15) is 19.4 Å². The molecule has 2 rings (SSSR count). The number of carbonyl (C=O) groups is 2. The number of hydrogen-bond donors (Lipinski definition) is 1. The standard InChI is InChI=1S/C15H17N3O3/c1-4-21-12-7-5-11(6-8-12)9-13-14(20)17-15(18(13)3)16-10(2)19/h5-9H,4H2,1-3H3,(H,16,17,19,20)/b13-9-. The van der Waals surface area contributed by atoms with Gasteiger partial charge in [0, 0.05) is 14.0 Å². The van der Waals surface area contributed by atoms with Crippen LogP contribution < -0.4 is 10.1 Å². The van der Waals surface area contributed by atoms with Gasteiger partial charge in [-0.05, 0) is 30.7 Å². The molecule has 0 fully saturated rings. The van der Waals surface area contributed by atoms with E-state index < -0.39 is 0 Å². The van der Waals surface area contributed by atoms with Gasteiger partial charge in [-0.1, -0.05) is 12.1 Å². The van der Waals surface area contributed by atoms with Crippen LogP contribution in [0.3, 0.4) is 0 Å². The van der Waals surface area contributed by atoms with Crippen LogP contribution in [0.4, 0.5) is 0 Å². The van der Waals surface area contributed by atoms with E-state index in [0.29, 0.717) is 12.3 Å². The van der Waals surface area contributed by atoms with Gasteiger partial charge in [0.1, 0.15) is 11.4 Å². The third-order valence-electron chi connectivity index (χ3n) is 2.89. The van der Waals surface area contributed by atoms with Crippen molar-refractivity contribution in [2.75, 3.05) is 13.7 Å². The first-order valence-corrected chi connectivity index (χ1v) is 6.60. The quantitative estimate of drug-likeness (QED) is 0.853. The third kappa shape index (κ3) is 3.47. The van der Waals surface area contributed by atoms with Gasteiger partial charge in [0.2, 0.25) is 11.9 Å². The molecule has 6 heteroatoms. The number of guanidine groups is 1. The zero-order valence-electron chi connectivity index (χ0n) is 12.2. The molecule has 0 radical (unpaired) electrons. The topological polar surface area (TPSA) is 71.0 Å². The second kappa shape index (κ2) is 6.21. The van der Waals surface area contributed by atoms with E-state index in [0.717, 1.165) is 11.3 Å². The van der Waals surface area contributed by atoms with Gasteiger partial charge < -0.3 is 9.64 Å². The Bertz CT molecular complexity index is 618. The van der Waals surface area contributed by atoms with Crippen LogP contribution in [0.5, 0.6) is 5.75 Å². The summed E-state index contributed by atoms with van der Waals surface area (Å²) in [7, 11) is 1.68. The minimum Gasteiger partial charge on any atom is -0.494 e. The number of hydrogen-bond acceptors (Lipinski definition) is 4. The van der Waals surface area contributed by atoms with Crippen molar-refractivity contribution in [2.45, 2.75) is 13.8 Å². The van der Waals surface area contributed by atoms with Gasteiger partial charge >= 0.3 is 0 Å². The second-order valence-electron chi connectivity index (χ2n) is 4.51. The first kappa shape index (κ1) is 14.8. The SMILES string of the molecule is CCOc1ccc(/C=C2/C(=O)N=C(NC(C)=O)N2C)cc1. The number of aliphatic imine (C=N–C) groups is 1. The maximum atomic E-state index is 11.9. The molecule has 1 aliphatic heterocycles. The molecule has 0 unspecified atom stereocenters. The Morgan fingerprint density at radius 2 is 2.05 bits per heavy atom. The fraction of sp³-hybridized carbons (Fsp3) is 0.267. The molecule has 2 amide bonds. The molecule has 6 nitrogen and oxygen atoms in total. The summed E-state index contributed by atoms with van der Waals surface area (Å²) in [5, 5.41) is 2.52. The maximum Gasteiger partial charge on any atom is 0.296 e. The van der Waals surface area contributed by atoms with Gasteiger partial charge in [0.05, 0.1) is 6.61 Å². The van der Waals surface area contributed by atoms with Crippen molar-refractivity contribution in [3.63, 3.8) is 0 Å². The number of ether oxygens (including phenoxy) is 1. The van der Waals surface area contributed by atoms with Crippen molar-refractivity contribution in [2.24, 2.45) is 4.99 Å². The molecule has 0 aromatic heterocycles. The maximum absolute atomic E-state index is 11.9. The number of nitrogens with zero attached hydrogens (tertiary/aromatic N) is 2. The van der Waals surface area contributed by atoms with Crippen molar-refractivity contribution in [3.8, 4) is 5.75 Å². The summed E-state index contributed by atoms with van der Waals surface area (Å²) in [6.07, 6.45) is 1.72. The molecule has 1 aromatic rings. The highest BCUT2D eigenvalue weighted by Gasteiger charge is 2.26. The summed E-state index contributed by atoms with van der Waals surface area (Å²) in [5.74, 6) is 0.372. The normalized spacial score (nSPS) is 16.1. The highest BCUT2D eigenvalue weighted by atomic mass is 16.5. The van der Waals surface area contributed by atoms with Crippen LogP contribution in [0.15, 0.2) is 35.0 Å². The van der Waals surface area contributed by atoms with Crippen LogP contribution >= 0.6 is 0 Å². The summed E-state index contributed by atoms with van der Waals surface area (Å²) in [6, 6.07) is 7.39. The Balaban J connectivity index is 2.18. The van der Waals surface area contributed by atoms with E-state index in [9.17, 15) is 9.59 Å². The molecule has 1 aliphatic rings. The van der Waals surface area contributed by atoms with Gasteiger partial charge in [-0.2, -0.15) is 4.99 Å². The van der Waals surface area contributed by atoms with E-state index in [2.05, 4.69) is 10.3 Å². The van der Waals surface area contributed by atoms with E-state index in [1.165, 1.54) is 6.92 Å². The van der Waals surface area contributed by atoms with E-state index in [1.807, 2.05) is 31.2 Å². The molecule has 0 aliphatic carbocycles. The van der Waals surface area contributed by atoms with Gasteiger partial charge in [0.25, 0.3) is 5.91 Å². The molecule has 0 spiro atoms. The number of amides is 2. The number of rotatable bonds is 3. The fourth-order valence-corrected chi connectivity index (χ4v) is 1.90. The summed E-state index contributed by atoms with van der Waals surface area (Å²) in [5.41, 5.74) is 1.26. The van der Waals surface area contributed by atoms with Crippen LogP contribution in [0.25, 0.3) is 6.08 Å². The van der Waals surface area contributed by atoms with Crippen LogP contribution in [-0.4, -0.2) is 36.3 Å². The molecule has 110 valence electrons. The number of carbonyl (C=O) groups excluding carboxylic acids is 2. The number of nitrogens with one attached hydrogen (secondary N) is 1. The van der Waals surface area contributed by atoms with Gasteiger partial charge in [-0.3, -0.25) is 14.9 Å². The smallest absolute Gasteiger partial charge is 0.296 e. The fourth-order valence-electron chi connectivity index (χ4n) is 1.90. The first-order chi connectivity index (χ1) is 10.0. The average molecular weight is 287 g/mol. The van der Waals surface area contributed by atoms with Crippen molar-refractivity contribution >= 4 is 23.8 Å². The average Bonchev–Trinajstić information content (AvgIpc) is 2.68. The highest BCUT2D eigenvalue weighted by Crippen LogP contribution is 2.19.